The van der Waals surface area contributed by atoms with E-state index in [1.807, 2.05) is 0 Å². The maximum Gasteiger partial charge on any atom is 0.341 e. The van der Waals surface area contributed by atoms with Gasteiger partial charge in [0.1, 0.15) is 56.6 Å². The summed E-state index contributed by atoms with van der Waals surface area (Å²) in [5, 5.41) is 19.4. The number of methoxy groups -OCH3 is 1. The quantitative estimate of drug-likeness (QED) is 0.194. The van der Waals surface area contributed by atoms with Crippen molar-refractivity contribution in [1.29, 1.82) is 0 Å². The predicted molar refractivity (Wildman–Crippen MR) is 195 cm³/mol. The molecule has 0 saturated carbocycles. The number of carboxylic acid groups (broad SMARTS) is 1. The zero-order chi connectivity index (χ0) is 39.3. The number of rotatable bonds is 6. The number of aromatic carboxylic acids is 1. The number of nitrogens with one attached hydrogen (secondary N) is 1. The van der Waals surface area contributed by atoms with Crippen LogP contribution in [-0.2, 0) is 35.1 Å². The fourth-order valence-corrected chi connectivity index (χ4v) is 5.88. The van der Waals surface area contributed by atoms with E-state index in [-0.39, 0.29) is 40.5 Å². The summed E-state index contributed by atoms with van der Waals surface area (Å²) >= 11 is 0. The van der Waals surface area contributed by atoms with Gasteiger partial charge in [0.05, 0.1) is 36.0 Å². The van der Waals surface area contributed by atoms with E-state index in [2.05, 4.69) is 35.1 Å². The van der Waals surface area contributed by atoms with Gasteiger partial charge >= 0.3 is 17.9 Å². The molecule has 18 heteroatoms. The molecule has 0 amide bonds. The summed E-state index contributed by atoms with van der Waals surface area (Å²) in [4.78, 5) is 56.1. The second kappa shape index (κ2) is 13.7. The van der Waals surface area contributed by atoms with Crippen LogP contribution >= 0.6 is 0 Å². The topological polar surface area (TPSA) is 198 Å². The number of carboxylic acids is 1. The van der Waals surface area contributed by atoms with E-state index in [1.54, 1.807) is 56.4 Å². The highest BCUT2D eigenvalue weighted by atomic mass is 19.1. The molecule has 8 rings (SSSR count). The molecule has 55 heavy (non-hydrogen) atoms. The van der Waals surface area contributed by atoms with Crippen LogP contribution in [0.3, 0.4) is 0 Å². The first-order valence-electron chi connectivity index (χ1n) is 16.6. The van der Waals surface area contributed by atoms with E-state index in [4.69, 9.17) is 9.47 Å². The van der Waals surface area contributed by atoms with Gasteiger partial charge in [-0.3, -0.25) is 18.7 Å². The molecule has 0 aliphatic rings. The molecule has 16 nitrogen and oxygen atoms in total. The number of nitrogens with zero attached hydrogens (tertiary/aromatic N) is 9. The Hall–Kier alpha value is -7.11. The number of benzene rings is 2. The van der Waals surface area contributed by atoms with E-state index >= 15 is 0 Å². The van der Waals surface area contributed by atoms with Crippen molar-refractivity contribution in [3.8, 4) is 22.8 Å². The number of aromatic amines is 1. The smallest absolute Gasteiger partial charge is 0.341 e. The van der Waals surface area contributed by atoms with Gasteiger partial charge in [0.15, 0.2) is 18.0 Å². The van der Waals surface area contributed by atoms with Crippen molar-refractivity contribution in [2.75, 3.05) is 7.11 Å². The molecule has 0 unspecified atom stereocenters. The van der Waals surface area contributed by atoms with Crippen molar-refractivity contribution in [3.05, 3.63) is 83.9 Å². The molecule has 2 aromatic carbocycles. The number of hydrogen-bond acceptors (Lipinski definition) is 11. The van der Waals surface area contributed by atoms with Crippen LogP contribution in [-0.4, -0.2) is 79.2 Å². The number of carbonyl (C=O) groups is 3. The Bertz CT molecular complexity index is 2830. The van der Waals surface area contributed by atoms with E-state index in [1.165, 1.54) is 60.7 Å². The van der Waals surface area contributed by atoms with Crippen LogP contribution in [0.25, 0.3) is 66.9 Å². The summed E-state index contributed by atoms with van der Waals surface area (Å²) < 4.78 is 41.9. The summed E-state index contributed by atoms with van der Waals surface area (Å²) in [5.74, 6) is -2.81. The van der Waals surface area contributed by atoms with Crippen molar-refractivity contribution in [2.45, 2.75) is 27.5 Å². The normalized spacial score (nSPS) is 11.6. The number of H-pyrrole nitrogens is 1. The fraction of sp³-hybridized carbons (Fsp3) is 0.216. The maximum absolute atomic E-state index is 13.7. The second-order valence-electron chi connectivity index (χ2n) is 13.5. The first kappa shape index (κ1) is 36.3. The van der Waals surface area contributed by atoms with Gasteiger partial charge in [-0.1, -0.05) is 0 Å². The van der Waals surface area contributed by atoms with Crippen molar-refractivity contribution in [1.82, 2.24) is 49.0 Å². The number of ether oxygens (including phenoxy) is 2. The fourth-order valence-electron chi connectivity index (χ4n) is 5.88. The number of fused-ring (bicyclic) bond motifs is 4. The third kappa shape index (κ3) is 6.68. The highest BCUT2D eigenvalue weighted by molar-refractivity contribution is 6.03. The Balaban J connectivity index is 0.000000178. The Morgan fingerprint density at radius 3 is 1.95 bits per heavy atom. The second-order valence-corrected chi connectivity index (χ2v) is 13.5. The monoisotopic (exact) mass is 750 g/mol. The Morgan fingerprint density at radius 1 is 0.836 bits per heavy atom. The van der Waals surface area contributed by atoms with Crippen LogP contribution in [0.4, 0.5) is 8.78 Å². The number of esters is 2. The van der Waals surface area contributed by atoms with Gasteiger partial charge in [0, 0.05) is 37.3 Å². The molecule has 6 heterocycles. The summed E-state index contributed by atoms with van der Waals surface area (Å²) in [6, 6.07) is 8.71. The third-order valence-electron chi connectivity index (χ3n) is 8.64. The average Bonchev–Trinajstić information content (AvgIpc) is 3.91. The Labute approximate surface area is 309 Å². The molecule has 8 aromatic rings. The maximum atomic E-state index is 13.7. The molecule has 0 saturated heterocycles. The zero-order valence-electron chi connectivity index (χ0n) is 30.2. The number of aromatic nitrogens is 10. The van der Waals surface area contributed by atoms with Crippen molar-refractivity contribution in [2.24, 2.45) is 19.5 Å². The van der Waals surface area contributed by atoms with E-state index in [0.29, 0.717) is 50.5 Å². The Kier molecular flexibility index (Phi) is 9.03. The molecule has 0 aliphatic carbocycles. The van der Waals surface area contributed by atoms with E-state index in [9.17, 15) is 28.3 Å². The standard InChI is InChI=1S/C22H22FN5O4.C15H10FN5O2/c1-22(2,3)21(30)32-11-28-10-14(20(29)31-5)18-19(28)24-9-15(25-18)17-13-7-6-12(23)8-16(13)27(4)26-17;1-21-11-4-7(16)2-3-8(11)12(20-21)10-6-18-14-13(19-10)9(5-17-14)15(22)23/h6-10H,11H2,1-5H3;2-6H,1H3,(H,17,18)(H,22,23). The molecule has 0 bridgehead atoms. The number of hydrogen-bond donors (Lipinski definition) is 2. The minimum atomic E-state index is -1.09. The summed E-state index contributed by atoms with van der Waals surface area (Å²) in [6.45, 7) is 5.11. The molecule has 0 spiro atoms. The van der Waals surface area contributed by atoms with Crippen LogP contribution in [0, 0.1) is 17.0 Å². The van der Waals surface area contributed by atoms with Gasteiger partial charge < -0.3 is 19.6 Å². The van der Waals surface area contributed by atoms with Gasteiger partial charge in [-0.2, -0.15) is 10.2 Å². The zero-order valence-corrected chi connectivity index (χ0v) is 30.2. The summed E-state index contributed by atoms with van der Waals surface area (Å²) in [6.07, 6.45) is 5.86. The molecule has 0 aliphatic heterocycles. The highest BCUT2D eigenvalue weighted by Gasteiger charge is 2.25. The molecular weight excluding hydrogens is 718 g/mol. The van der Waals surface area contributed by atoms with Gasteiger partial charge in [-0.25, -0.2) is 38.3 Å². The lowest BCUT2D eigenvalue weighted by molar-refractivity contribution is -0.156. The van der Waals surface area contributed by atoms with Gasteiger partial charge in [-0.05, 0) is 57.2 Å². The molecule has 0 radical (unpaired) electrons. The Morgan fingerprint density at radius 2 is 1.40 bits per heavy atom. The lowest BCUT2D eigenvalue weighted by atomic mass is 9.98. The summed E-state index contributed by atoms with van der Waals surface area (Å²) in [7, 11) is 4.68. The van der Waals surface area contributed by atoms with Crippen LogP contribution in [0.1, 0.15) is 41.5 Å². The SMILES string of the molecule is COC(=O)c1cn(COC(=O)C(C)(C)C)c2ncc(-c3nn(C)c4cc(F)ccc34)nc12.Cn1nc(-c2cnc3[nH]cc(C(=O)O)c3n2)c2ccc(F)cc21. The molecule has 6 aromatic heterocycles. The average molecular weight is 751 g/mol. The first-order valence-corrected chi connectivity index (χ1v) is 16.6. The molecule has 0 atom stereocenters. The highest BCUT2D eigenvalue weighted by Crippen LogP contribution is 2.30. The molecule has 2 N–H and O–H groups in total. The van der Waals surface area contributed by atoms with E-state index in [0.717, 1.165) is 5.39 Å². The van der Waals surface area contributed by atoms with Crippen LogP contribution in [0.2, 0.25) is 0 Å². The number of carbonyl (C=O) groups excluding carboxylic acids is 2. The molecule has 280 valence electrons. The minimum Gasteiger partial charge on any atom is -0.478 e. The largest absolute Gasteiger partial charge is 0.478 e. The first-order chi connectivity index (χ1) is 26.1. The lowest BCUT2D eigenvalue weighted by Gasteiger charge is -2.16. The van der Waals surface area contributed by atoms with Crippen molar-refractivity contribution >= 4 is 62.0 Å². The molecular formula is C37H32F2N10O6. The molecule has 0 fully saturated rings. The minimum absolute atomic E-state index is 0.0423. The van der Waals surface area contributed by atoms with Crippen LogP contribution in [0.5, 0.6) is 0 Å². The van der Waals surface area contributed by atoms with Crippen molar-refractivity contribution in [3.63, 3.8) is 0 Å². The van der Waals surface area contributed by atoms with Gasteiger partial charge in [0.2, 0.25) is 0 Å². The van der Waals surface area contributed by atoms with Crippen LogP contribution in [0.15, 0.2) is 61.2 Å². The third-order valence-corrected chi connectivity index (χ3v) is 8.64. The van der Waals surface area contributed by atoms with E-state index < -0.39 is 23.3 Å². The summed E-state index contributed by atoms with van der Waals surface area (Å²) in [5.41, 5.74) is 3.89. The van der Waals surface area contributed by atoms with Crippen LogP contribution < -0.4 is 0 Å². The predicted octanol–water partition coefficient (Wildman–Crippen LogP) is 5.81. The number of halogens is 2. The van der Waals surface area contributed by atoms with Gasteiger partial charge in [0.25, 0.3) is 0 Å². The van der Waals surface area contributed by atoms with Crippen molar-refractivity contribution < 1.29 is 37.7 Å². The number of aryl methyl sites for hydroxylation is 2. The lowest BCUT2D eigenvalue weighted by Crippen LogP contribution is -2.24. The van der Waals surface area contributed by atoms with Gasteiger partial charge in [-0.15, -0.1) is 0 Å².